The molecule has 0 saturated heterocycles. The van der Waals surface area contributed by atoms with E-state index in [9.17, 15) is 14.2 Å². The third kappa shape index (κ3) is 9.08. The highest BCUT2D eigenvalue weighted by Gasteiger charge is 2.27. The molecule has 218 valence electrons. The van der Waals surface area contributed by atoms with Crippen LogP contribution in [-0.2, 0) is 14.2 Å². The molecule has 0 aromatic heterocycles. The first kappa shape index (κ1) is 31.7. The third-order valence-corrected chi connectivity index (χ3v) is 7.86. The number of methoxy groups -OCH3 is 1. The quantitative estimate of drug-likeness (QED) is 0.227. The van der Waals surface area contributed by atoms with E-state index in [1.165, 1.54) is 25.5 Å². The van der Waals surface area contributed by atoms with Gasteiger partial charge in [-0.1, -0.05) is 30.3 Å². The maximum Gasteiger partial charge on any atom is 0.248 e. The largest absolute Gasteiger partial charge is 0.495 e. The van der Waals surface area contributed by atoms with Crippen molar-refractivity contribution in [1.82, 2.24) is 10.2 Å². The minimum Gasteiger partial charge on any atom is -0.495 e. The lowest BCUT2D eigenvalue weighted by atomic mass is 10.0. The standard InChI is InChI=1S/C29H36ClN6O4P/c1-19-28(34-22-9-7-8-10-25(22)41(5,6)39)21(30)18-32-29(19)35-23-17-20(11-12-24(23)40-4)33-27(38)14-13-26(37)31-15-16-36(2)3/h7-14,17-18,28,34H,1,15-16H2,2-6H3,(H,31,37)(H,32,35)(H,33,38). The molecule has 10 nitrogen and oxygen atoms in total. The van der Waals surface area contributed by atoms with E-state index in [-0.39, 0.29) is 5.91 Å². The number of carbonyl (C=O) groups excluding carboxylic acids is 2. The molecule has 1 unspecified atom stereocenters. The molecule has 12 heteroatoms. The summed E-state index contributed by atoms with van der Waals surface area (Å²) in [5.74, 6) is 0.107. The van der Waals surface area contributed by atoms with Gasteiger partial charge in [0.15, 0.2) is 0 Å². The molecule has 4 N–H and O–H groups in total. The van der Waals surface area contributed by atoms with Gasteiger partial charge in [0.1, 0.15) is 18.7 Å². The van der Waals surface area contributed by atoms with Crippen molar-refractivity contribution in [3.63, 3.8) is 0 Å². The van der Waals surface area contributed by atoms with Gasteiger partial charge in [0.25, 0.3) is 0 Å². The number of rotatable bonds is 11. The van der Waals surface area contributed by atoms with Crippen LogP contribution >= 0.6 is 18.7 Å². The molecule has 0 spiro atoms. The number of carbonyl (C=O) groups is 2. The zero-order valence-electron chi connectivity index (χ0n) is 23.8. The zero-order chi connectivity index (χ0) is 30.2. The van der Waals surface area contributed by atoms with Gasteiger partial charge >= 0.3 is 0 Å². The van der Waals surface area contributed by atoms with Gasteiger partial charge in [-0.2, -0.15) is 0 Å². The molecule has 3 rings (SSSR count). The predicted molar refractivity (Wildman–Crippen MR) is 169 cm³/mol. The van der Waals surface area contributed by atoms with Crippen LogP contribution in [0, 0.1) is 0 Å². The highest BCUT2D eigenvalue weighted by molar-refractivity contribution is 7.70. The number of nitrogens with one attached hydrogen (secondary N) is 4. The highest BCUT2D eigenvalue weighted by atomic mass is 35.5. The van der Waals surface area contributed by atoms with Crippen molar-refractivity contribution in [1.29, 1.82) is 0 Å². The number of anilines is 3. The zero-order valence-corrected chi connectivity index (χ0v) is 25.5. The highest BCUT2D eigenvalue weighted by Crippen LogP contribution is 2.38. The Balaban J connectivity index is 1.73. The minimum atomic E-state index is -2.56. The van der Waals surface area contributed by atoms with Crippen molar-refractivity contribution in [2.75, 3.05) is 63.6 Å². The number of likely N-dealkylation sites (N-methyl/N-ethyl adjacent to an activating group) is 1. The first-order chi connectivity index (χ1) is 19.4. The molecule has 0 bridgehead atoms. The van der Waals surface area contributed by atoms with Gasteiger partial charge in [-0.15, -0.1) is 0 Å². The molecule has 1 aliphatic heterocycles. The average molecular weight is 599 g/mol. The second-order valence-electron chi connectivity index (χ2n) is 9.92. The van der Waals surface area contributed by atoms with Crippen LogP contribution in [0.2, 0.25) is 0 Å². The fraction of sp³-hybridized carbons (Fsp3) is 0.276. The molecule has 0 saturated carbocycles. The van der Waals surface area contributed by atoms with Crippen LogP contribution in [0.25, 0.3) is 0 Å². The smallest absolute Gasteiger partial charge is 0.248 e. The molecule has 1 atom stereocenters. The van der Waals surface area contributed by atoms with Crippen molar-refractivity contribution in [2.24, 2.45) is 4.99 Å². The third-order valence-electron chi connectivity index (χ3n) is 5.99. The summed E-state index contributed by atoms with van der Waals surface area (Å²) in [4.78, 5) is 30.7. The summed E-state index contributed by atoms with van der Waals surface area (Å²) in [6, 6.07) is 11.9. The second-order valence-corrected chi connectivity index (χ2v) is 13.5. The van der Waals surface area contributed by atoms with Gasteiger partial charge in [0.05, 0.1) is 23.9 Å². The second kappa shape index (κ2) is 14.2. The molecule has 1 aliphatic rings. The Bertz CT molecular complexity index is 1450. The summed E-state index contributed by atoms with van der Waals surface area (Å²) in [7, 11) is 2.78. The Labute approximate surface area is 246 Å². The average Bonchev–Trinajstić information content (AvgIpc) is 2.91. The van der Waals surface area contributed by atoms with Gasteiger partial charge < -0.3 is 35.5 Å². The summed E-state index contributed by atoms with van der Waals surface area (Å²) < 4.78 is 18.3. The molecule has 41 heavy (non-hydrogen) atoms. The maximum absolute atomic E-state index is 12.8. The van der Waals surface area contributed by atoms with Crippen molar-refractivity contribution in [3.05, 3.63) is 78.0 Å². The van der Waals surface area contributed by atoms with E-state index < -0.39 is 19.1 Å². The van der Waals surface area contributed by atoms with Gasteiger partial charge in [-0.25, -0.2) is 4.99 Å². The lowest BCUT2D eigenvalue weighted by Crippen LogP contribution is -2.33. The Morgan fingerprint density at radius 3 is 2.51 bits per heavy atom. The van der Waals surface area contributed by atoms with E-state index in [4.69, 9.17) is 16.3 Å². The summed E-state index contributed by atoms with van der Waals surface area (Å²) in [6.45, 7) is 8.79. The first-order valence-electron chi connectivity index (χ1n) is 12.8. The fourth-order valence-electron chi connectivity index (χ4n) is 3.88. The van der Waals surface area contributed by atoms with Gasteiger partial charge in [0.2, 0.25) is 11.8 Å². The van der Waals surface area contributed by atoms with Crippen LogP contribution in [0.1, 0.15) is 0 Å². The number of nitrogens with zero attached hydrogens (tertiary/aromatic N) is 2. The van der Waals surface area contributed by atoms with Crippen LogP contribution in [0.4, 0.5) is 17.1 Å². The van der Waals surface area contributed by atoms with Crippen molar-refractivity contribution in [2.45, 2.75) is 6.04 Å². The van der Waals surface area contributed by atoms with E-state index in [2.05, 4.69) is 32.8 Å². The molecule has 2 aromatic rings. The molecular formula is C29H36ClN6O4P. The van der Waals surface area contributed by atoms with Crippen LogP contribution in [0.15, 0.2) is 83.0 Å². The number of hydrogen-bond acceptors (Lipinski definition) is 8. The van der Waals surface area contributed by atoms with Crippen LogP contribution < -0.4 is 31.3 Å². The number of amides is 2. The number of benzene rings is 2. The van der Waals surface area contributed by atoms with Crippen LogP contribution in [0.3, 0.4) is 0 Å². The predicted octanol–water partition coefficient (Wildman–Crippen LogP) is 4.06. The molecule has 0 fully saturated rings. The van der Waals surface area contributed by atoms with E-state index in [1.54, 1.807) is 31.5 Å². The molecule has 2 aromatic carbocycles. The van der Waals surface area contributed by atoms with Crippen molar-refractivity contribution in [3.8, 4) is 5.75 Å². The Morgan fingerprint density at radius 1 is 1.12 bits per heavy atom. The van der Waals surface area contributed by atoms with E-state index in [0.717, 1.165) is 0 Å². The normalized spacial score (nSPS) is 15.3. The molecule has 1 heterocycles. The SMILES string of the molecule is C=C1C(Nc2cc(NC(=O)C=CC(=O)NCCN(C)C)ccc2OC)=NC=C(Cl)C1Nc1ccccc1P(C)(C)=O. The van der Waals surface area contributed by atoms with Crippen molar-refractivity contribution < 1.29 is 18.9 Å². The number of amidine groups is 1. The molecule has 0 aliphatic carbocycles. The molecule has 2 amide bonds. The Hall–Kier alpha value is -3.85. The fourth-order valence-corrected chi connectivity index (χ4v) is 5.28. The summed E-state index contributed by atoms with van der Waals surface area (Å²) in [6.07, 6.45) is 3.87. The van der Waals surface area contributed by atoms with Gasteiger partial charge in [-0.05, 0) is 57.8 Å². The summed E-state index contributed by atoms with van der Waals surface area (Å²) >= 11 is 6.52. The number of para-hydroxylation sites is 1. The van der Waals surface area contributed by atoms with E-state index in [0.29, 0.717) is 57.6 Å². The summed E-state index contributed by atoms with van der Waals surface area (Å²) in [5, 5.41) is 13.1. The maximum atomic E-state index is 12.8. The van der Waals surface area contributed by atoms with E-state index in [1.807, 2.05) is 43.3 Å². The molecule has 0 radical (unpaired) electrons. The number of aliphatic imine (C=N–C) groups is 1. The monoisotopic (exact) mass is 598 g/mol. The lowest BCUT2D eigenvalue weighted by molar-refractivity contribution is -0.117. The topological polar surface area (TPSA) is 124 Å². The van der Waals surface area contributed by atoms with Gasteiger partial charge in [0, 0.05) is 53.7 Å². The van der Waals surface area contributed by atoms with Crippen LogP contribution in [-0.4, -0.2) is 76.2 Å². The first-order valence-corrected chi connectivity index (χ1v) is 15.8. The van der Waals surface area contributed by atoms with Crippen molar-refractivity contribution >= 4 is 58.8 Å². The number of halogens is 1. The van der Waals surface area contributed by atoms with Crippen LogP contribution in [0.5, 0.6) is 5.75 Å². The van der Waals surface area contributed by atoms with Gasteiger partial charge in [-0.3, -0.25) is 9.59 Å². The van der Waals surface area contributed by atoms with E-state index >= 15 is 0 Å². The Kier molecular flexibility index (Phi) is 10.9. The lowest BCUT2D eigenvalue weighted by Gasteiger charge is -2.27. The Morgan fingerprint density at radius 2 is 1.83 bits per heavy atom. The minimum absolute atomic E-state index is 0.355. The molecular weight excluding hydrogens is 563 g/mol. The number of hydrogen-bond donors (Lipinski definition) is 4. The summed E-state index contributed by atoms with van der Waals surface area (Å²) in [5.41, 5.74) is 2.24. The number of ether oxygens (including phenoxy) is 1.